The largest absolute Gasteiger partial charge is 0.465 e. The maximum atomic E-state index is 12.5. The molecule has 0 aliphatic carbocycles. The first-order valence-corrected chi connectivity index (χ1v) is 9.46. The number of esters is 1. The van der Waals surface area contributed by atoms with Crippen molar-refractivity contribution in [2.45, 2.75) is 31.8 Å². The number of Topliss-reactive ketones (excluding diaryl/α,β-unsaturated/α-hetero) is 1. The van der Waals surface area contributed by atoms with Crippen LogP contribution in [-0.4, -0.2) is 55.9 Å². The molecule has 1 aromatic rings. The Hall–Kier alpha value is -1.86. The molecule has 0 aromatic heterocycles. The molecule has 0 bridgehead atoms. The molecule has 0 fully saturated rings. The molecule has 0 unspecified atom stereocenters. The van der Waals surface area contributed by atoms with Gasteiger partial charge in [0.05, 0.1) is 24.8 Å². The van der Waals surface area contributed by atoms with E-state index >= 15 is 0 Å². The van der Waals surface area contributed by atoms with Gasteiger partial charge >= 0.3 is 5.97 Å². The number of methoxy groups -OCH3 is 1. The summed E-state index contributed by atoms with van der Waals surface area (Å²) < 4.78 is 4.67. The molecule has 1 amide bonds. The van der Waals surface area contributed by atoms with E-state index in [1.54, 1.807) is 43.1 Å². The number of benzene rings is 1. The van der Waals surface area contributed by atoms with Crippen LogP contribution in [-0.2, 0) is 20.7 Å². The third-order valence-electron chi connectivity index (χ3n) is 3.90. The predicted octanol–water partition coefficient (Wildman–Crippen LogP) is 1.43. The molecule has 0 aliphatic rings. The minimum atomic E-state index is -0.461. The zero-order valence-electron chi connectivity index (χ0n) is 15.1. The van der Waals surface area contributed by atoms with Gasteiger partial charge in [-0.15, -0.1) is 0 Å². The Labute approximate surface area is 153 Å². The molecule has 0 radical (unpaired) electrons. The van der Waals surface area contributed by atoms with Gasteiger partial charge in [0.15, 0.2) is 5.78 Å². The molecule has 1 aromatic carbocycles. The summed E-state index contributed by atoms with van der Waals surface area (Å²) in [6.07, 6.45) is 3.04. The SMILES string of the molecule is CN[C@@H](Cc1ccc(C(=O)OC)cc1)C(=O)N[C@@H](CCSC)C(C)=O. The van der Waals surface area contributed by atoms with Crippen LogP contribution in [0.25, 0.3) is 0 Å². The Kier molecular flexibility index (Phi) is 9.23. The Balaban J connectivity index is 2.72. The summed E-state index contributed by atoms with van der Waals surface area (Å²) in [4.78, 5) is 35.6. The molecule has 2 N–H and O–H groups in total. The van der Waals surface area contributed by atoms with Crippen molar-refractivity contribution in [3.8, 4) is 0 Å². The van der Waals surface area contributed by atoms with Crippen LogP contribution in [0.4, 0.5) is 0 Å². The molecule has 7 heteroatoms. The van der Waals surface area contributed by atoms with Crippen LogP contribution in [0.3, 0.4) is 0 Å². The van der Waals surface area contributed by atoms with E-state index in [1.165, 1.54) is 14.0 Å². The lowest BCUT2D eigenvalue weighted by atomic mass is 10.0. The smallest absolute Gasteiger partial charge is 0.337 e. The van der Waals surface area contributed by atoms with Crippen molar-refractivity contribution in [2.24, 2.45) is 0 Å². The van der Waals surface area contributed by atoms with Crippen molar-refractivity contribution in [1.82, 2.24) is 10.6 Å². The summed E-state index contributed by atoms with van der Waals surface area (Å²) in [6.45, 7) is 1.49. The number of thioether (sulfide) groups is 1. The lowest BCUT2D eigenvalue weighted by Crippen LogP contribution is -2.50. The Morgan fingerprint density at radius 3 is 2.28 bits per heavy atom. The summed E-state index contributed by atoms with van der Waals surface area (Å²) in [5.74, 6) is 0.164. The van der Waals surface area contributed by atoms with Gasteiger partial charge in [-0.3, -0.25) is 9.59 Å². The predicted molar refractivity (Wildman–Crippen MR) is 99.9 cm³/mol. The van der Waals surface area contributed by atoms with E-state index in [0.29, 0.717) is 18.4 Å². The van der Waals surface area contributed by atoms with Crippen molar-refractivity contribution in [1.29, 1.82) is 0 Å². The lowest BCUT2D eigenvalue weighted by molar-refractivity contribution is -0.128. The van der Waals surface area contributed by atoms with Gasteiger partial charge in [-0.25, -0.2) is 4.79 Å². The quantitative estimate of drug-likeness (QED) is 0.610. The highest BCUT2D eigenvalue weighted by Crippen LogP contribution is 2.09. The summed E-state index contributed by atoms with van der Waals surface area (Å²) in [7, 11) is 3.04. The van der Waals surface area contributed by atoms with Crippen LogP contribution in [0.1, 0.15) is 29.3 Å². The minimum Gasteiger partial charge on any atom is -0.465 e. The highest BCUT2D eigenvalue weighted by Gasteiger charge is 2.22. The van der Waals surface area contributed by atoms with Crippen molar-refractivity contribution >= 4 is 29.4 Å². The number of likely N-dealkylation sites (N-methyl/N-ethyl adjacent to an activating group) is 1. The number of hydrogen-bond acceptors (Lipinski definition) is 6. The number of carbonyl (C=O) groups excluding carboxylic acids is 3. The van der Waals surface area contributed by atoms with Gasteiger partial charge in [-0.1, -0.05) is 12.1 Å². The van der Waals surface area contributed by atoms with E-state index in [0.717, 1.165) is 11.3 Å². The fraction of sp³-hybridized carbons (Fsp3) is 0.500. The van der Waals surface area contributed by atoms with Crippen LogP contribution in [0.15, 0.2) is 24.3 Å². The molecule has 0 aliphatic heterocycles. The molecule has 0 saturated heterocycles. The lowest BCUT2D eigenvalue weighted by Gasteiger charge is -2.21. The fourth-order valence-corrected chi connectivity index (χ4v) is 2.81. The molecule has 6 nitrogen and oxygen atoms in total. The molecule has 138 valence electrons. The molecular formula is C18H26N2O4S. The van der Waals surface area contributed by atoms with E-state index in [2.05, 4.69) is 15.4 Å². The van der Waals surface area contributed by atoms with Gasteiger partial charge < -0.3 is 15.4 Å². The number of carbonyl (C=O) groups is 3. The van der Waals surface area contributed by atoms with Gasteiger partial charge in [-0.05, 0) is 56.5 Å². The summed E-state index contributed by atoms with van der Waals surface area (Å²) in [6, 6.07) is 6.00. The third-order valence-corrected chi connectivity index (χ3v) is 4.54. The molecule has 0 heterocycles. The molecule has 25 heavy (non-hydrogen) atoms. The van der Waals surface area contributed by atoms with E-state index in [-0.39, 0.29) is 11.7 Å². The number of hydrogen-bond donors (Lipinski definition) is 2. The second-order valence-electron chi connectivity index (χ2n) is 5.69. The number of nitrogens with one attached hydrogen (secondary N) is 2. The molecule has 1 rings (SSSR count). The van der Waals surface area contributed by atoms with Gasteiger partial charge in [-0.2, -0.15) is 11.8 Å². The minimum absolute atomic E-state index is 0.0420. The van der Waals surface area contributed by atoms with Gasteiger partial charge in [0.25, 0.3) is 0 Å². The Morgan fingerprint density at radius 2 is 1.80 bits per heavy atom. The molecular weight excluding hydrogens is 340 g/mol. The zero-order valence-corrected chi connectivity index (χ0v) is 15.9. The maximum Gasteiger partial charge on any atom is 0.337 e. The maximum absolute atomic E-state index is 12.5. The first-order valence-electron chi connectivity index (χ1n) is 8.07. The monoisotopic (exact) mass is 366 g/mol. The van der Waals surface area contributed by atoms with Crippen LogP contribution in [0.2, 0.25) is 0 Å². The van der Waals surface area contributed by atoms with Crippen molar-refractivity contribution in [3.63, 3.8) is 0 Å². The van der Waals surface area contributed by atoms with Crippen molar-refractivity contribution < 1.29 is 19.1 Å². The average Bonchev–Trinajstić information content (AvgIpc) is 2.62. The van der Waals surface area contributed by atoms with E-state index in [9.17, 15) is 14.4 Å². The zero-order chi connectivity index (χ0) is 18.8. The average molecular weight is 366 g/mol. The first-order chi connectivity index (χ1) is 11.9. The first kappa shape index (κ1) is 21.2. The van der Waals surface area contributed by atoms with E-state index in [1.807, 2.05) is 6.26 Å². The molecule has 0 spiro atoms. The summed E-state index contributed by atoms with van der Waals surface area (Å²) >= 11 is 1.64. The fourth-order valence-electron chi connectivity index (χ4n) is 2.34. The van der Waals surface area contributed by atoms with Crippen LogP contribution in [0.5, 0.6) is 0 Å². The number of rotatable bonds is 10. The molecule has 0 saturated carbocycles. The van der Waals surface area contributed by atoms with Crippen LogP contribution in [0, 0.1) is 0 Å². The summed E-state index contributed by atoms with van der Waals surface area (Å²) in [5, 5.41) is 5.80. The number of amides is 1. The topological polar surface area (TPSA) is 84.5 Å². The van der Waals surface area contributed by atoms with E-state index < -0.39 is 18.1 Å². The van der Waals surface area contributed by atoms with Crippen molar-refractivity contribution in [2.75, 3.05) is 26.2 Å². The second kappa shape index (κ2) is 10.9. The normalized spacial score (nSPS) is 13.0. The Morgan fingerprint density at radius 1 is 1.16 bits per heavy atom. The number of ketones is 1. The highest BCUT2D eigenvalue weighted by atomic mass is 32.2. The van der Waals surface area contributed by atoms with Crippen LogP contribution >= 0.6 is 11.8 Å². The van der Waals surface area contributed by atoms with Crippen molar-refractivity contribution in [3.05, 3.63) is 35.4 Å². The number of ether oxygens (including phenoxy) is 1. The third kappa shape index (κ3) is 6.88. The Bertz CT molecular complexity index is 589. The van der Waals surface area contributed by atoms with Gasteiger partial charge in [0, 0.05) is 0 Å². The summed E-state index contributed by atoms with van der Waals surface area (Å²) in [5.41, 5.74) is 1.37. The van der Waals surface area contributed by atoms with Gasteiger partial charge in [0.2, 0.25) is 5.91 Å². The second-order valence-corrected chi connectivity index (χ2v) is 6.67. The van der Waals surface area contributed by atoms with Gasteiger partial charge in [0.1, 0.15) is 0 Å². The van der Waals surface area contributed by atoms with E-state index in [4.69, 9.17) is 0 Å². The van der Waals surface area contributed by atoms with Crippen LogP contribution < -0.4 is 10.6 Å². The standard InChI is InChI=1S/C18H26N2O4S/c1-12(21)15(9-10-25-4)20-17(22)16(19-2)11-13-5-7-14(8-6-13)18(23)24-3/h5-8,15-16,19H,9-11H2,1-4H3,(H,20,22)/t15-,16-/m0/s1. The highest BCUT2D eigenvalue weighted by molar-refractivity contribution is 7.98. The molecule has 2 atom stereocenters.